The summed E-state index contributed by atoms with van der Waals surface area (Å²) < 4.78 is 1.91. The zero-order valence-corrected chi connectivity index (χ0v) is 17.3. The second-order valence-corrected chi connectivity index (χ2v) is 9.77. The Kier molecular flexibility index (Phi) is 4.90. The van der Waals surface area contributed by atoms with Crippen LogP contribution in [0.5, 0.6) is 0 Å². The number of carbonyl (C=O) groups is 2. The summed E-state index contributed by atoms with van der Waals surface area (Å²) in [6, 6.07) is 4.93. The Bertz CT molecular complexity index is 919. The molecule has 4 rings (SSSR count). The monoisotopic (exact) mass is 422 g/mol. The molecule has 0 spiro atoms. The van der Waals surface area contributed by atoms with Gasteiger partial charge in [0.1, 0.15) is 6.04 Å². The van der Waals surface area contributed by atoms with Gasteiger partial charge >= 0.3 is 0 Å². The summed E-state index contributed by atoms with van der Waals surface area (Å²) in [5, 5.41) is 4.34. The average Bonchev–Trinajstić information content (AvgIpc) is 3.26. The van der Waals surface area contributed by atoms with E-state index in [0.29, 0.717) is 22.9 Å². The van der Waals surface area contributed by atoms with Gasteiger partial charge in [-0.2, -0.15) is 0 Å². The van der Waals surface area contributed by atoms with Crippen LogP contribution in [0.4, 0.5) is 5.69 Å². The van der Waals surface area contributed by atoms with Crippen molar-refractivity contribution in [2.45, 2.75) is 40.7 Å². The average molecular weight is 423 g/mol. The first-order chi connectivity index (χ1) is 12.9. The number of benzene rings is 1. The van der Waals surface area contributed by atoms with Crippen LogP contribution in [0.2, 0.25) is 5.02 Å². The van der Waals surface area contributed by atoms with Gasteiger partial charge in [0.25, 0.3) is 0 Å². The van der Waals surface area contributed by atoms with E-state index in [2.05, 4.69) is 10.3 Å². The maximum atomic E-state index is 13.0. The molecule has 2 unspecified atom stereocenters. The molecule has 0 bridgehead atoms. The third-order valence-electron chi connectivity index (χ3n) is 4.93. The molecule has 0 radical (unpaired) electrons. The summed E-state index contributed by atoms with van der Waals surface area (Å²) in [7, 11) is 1.92. The molecule has 1 aromatic carbocycles. The quantitative estimate of drug-likeness (QED) is 0.815. The third-order valence-corrected chi connectivity index (χ3v) is 7.82. The lowest BCUT2D eigenvalue weighted by Crippen LogP contribution is -2.48. The van der Waals surface area contributed by atoms with Crippen molar-refractivity contribution in [1.82, 2.24) is 14.5 Å². The van der Waals surface area contributed by atoms with Crippen molar-refractivity contribution in [3.63, 3.8) is 0 Å². The second kappa shape index (κ2) is 7.07. The van der Waals surface area contributed by atoms with Crippen LogP contribution < -0.4 is 5.32 Å². The summed E-state index contributed by atoms with van der Waals surface area (Å²) >= 11 is 9.29. The zero-order valence-electron chi connectivity index (χ0n) is 14.9. The highest BCUT2D eigenvalue weighted by molar-refractivity contribution is 8.01. The molecule has 2 atom stereocenters. The molecule has 2 saturated heterocycles. The van der Waals surface area contributed by atoms with E-state index >= 15 is 0 Å². The molecule has 2 aliphatic heterocycles. The van der Waals surface area contributed by atoms with Gasteiger partial charge in [-0.25, -0.2) is 4.98 Å². The lowest BCUT2D eigenvalue weighted by Gasteiger charge is -2.30. The standard InChI is InChI=1S/C18H19ClN4O2S2/c1-18-6-5-15(24)23(18)13(10-26-18)16(25)21-12-9-11(19)3-4-14(12)27-17-20-7-8-22(17)2/h3-4,7-9,13H,5-6,10H2,1-2H3,(H,21,25). The van der Waals surface area contributed by atoms with Crippen LogP contribution >= 0.6 is 35.1 Å². The molecule has 2 aliphatic rings. The zero-order chi connectivity index (χ0) is 19.2. The number of aromatic nitrogens is 2. The highest BCUT2D eigenvalue weighted by Gasteiger charge is 2.52. The largest absolute Gasteiger partial charge is 0.329 e. The Morgan fingerprint density at radius 3 is 3.04 bits per heavy atom. The number of nitrogens with zero attached hydrogens (tertiary/aromatic N) is 3. The maximum absolute atomic E-state index is 13.0. The van der Waals surface area contributed by atoms with Crippen molar-refractivity contribution < 1.29 is 9.59 Å². The molecule has 2 aromatic rings. The molecular weight excluding hydrogens is 404 g/mol. The molecule has 2 fully saturated rings. The number of rotatable bonds is 4. The van der Waals surface area contributed by atoms with E-state index in [4.69, 9.17) is 11.6 Å². The molecule has 27 heavy (non-hydrogen) atoms. The molecule has 1 N–H and O–H groups in total. The topological polar surface area (TPSA) is 67.2 Å². The van der Waals surface area contributed by atoms with Crippen molar-refractivity contribution >= 4 is 52.6 Å². The molecule has 1 aromatic heterocycles. The van der Waals surface area contributed by atoms with Gasteiger partial charge in [0.2, 0.25) is 11.8 Å². The Morgan fingerprint density at radius 2 is 2.30 bits per heavy atom. The van der Waals surface area contributed by atoms with E-state index in [9.17, 15) is 9.59 Å². The fourth-order valence-corrected chi connectivity index (χ4v) is 5.94. The van der Waals surface area contributed by atoms with Crippen LogP contribution in [0.25, 0.3) is 0 Å². The van der Waals surface area contributed by atoms with Gasteiger partial charge in [-0.15, -0.1) is 11.8 Å². The van der Waals surface area contributed by atoms with Crippen LogP contribution in [-0.4, -0.2) is 42.9 Å². The van der Waals surface area contributed by atoms with Crippen LogP contribution in [0, 0.1) is 0 Å². The summed E-state index contributed by atoms with van der Waals surface area (Å²) in [6.45, 7) is 2.04. The van der Waals surface area contributed by atoms with Gasteiger partial charge in [0.15, 0.2) is 5.16 Å². The summed E-state index contributed by atoms with van der Waals surface area (Å²) in [5.41, 5.74) is 0.630. The van der Waals surface area contributed by atoms with Crippen molar-refractivity contribution in [1.29, 1.82) is 0 Å². The number of halogens is 1. The minimum atomic E-state index is -0.458. The molecule has 6 nitrogen and oxygen atoms in total. The van der Waals surface area contributed by atoms with Gasteiger partial charge in [-0.05, 0) is 43.3 Å². The number of anilines is 1. The van der Waals surface area contributed by atoms with E-state index in [1.807, 2.05) is 30.8 Å². The lowest BCUT2D eigenvalue weighted by molar-refractivity contribution is -0.135. The molecular formula is C18H19ClN4O2S2. The van der Waals surface area contributed by atoms with Crippen molar-refractivity contribution in [3.8, 4) is 0 Å². The minimum absolute atomic E-state index is 0.0522. The van der Waals surface area contributed by atoms with E-state index in [1.165, 1.54) is 11.8 Å². The van der Waals surface area contributed by atoms with Gasteiger partial charge in [-0.3, -0.25) is 9.59 Å². The van der Waals surface area contributed by atoms with Crippen LogP contribution in [-0.2, 0) is 16.6 Å². The van der Waals surface area contributed by atoms with Crippen molar-refractivity contribution in [2.75, 3.05) is 11.1 Å². The smallest absolute Gasteiger partial charge is 0.248 e. The SMILES string of the molecule is Cn1ccnc1Sc1ccc(Cl)cc1NC(=O)C1CSC2(C)CCC(=O)N12. The number of imidazole rings is 1. The van der Waals surface area contributed by atoms with E-state index < -0.39 is 6.04 Å². The first kappa shape index (κ1) is 18.7. The summed E-state index contributed by atoms with van der Waals surface area (Å²) in [6.07, 6.45) is 4.89. The maximum Gasteiger partial charge on any atom is 0.248 e. The molecule has 142 valence electrons. The second-order valence-electron chi connectivity index (χ2n) is 6.82. The number of thioether (sulfide) groups is 1. The number of nitrogens with one attached hydrogen (secondary N) is 1. The lowest BCUT2D eigenvalue weighted by atomic mass is 10.2. The minimum Gasteiger partial charge on any atom is -0.329 e. The Hall–Kier alpha value is -1.64. The Labute approximate surface area is 171 Å². The molecule has 0 saturated carbocycles. The van der Waals surface area contributed by atoms with E-state index in [1.54, 1.807) is 35.0 Å². The molecule has 3 heterocycles. The normalized spacial score (nSPS) is 24.3. The number of fused-ring (bicyclic) bond motifs is 1. The number of hydrogen-bond donors (Lipinski definition) is 1. The highest BCUT2D eigenvalue weighted by atomic mass is 35.5. The predicted molar refractivity (Wildman–Crippen MR) is 108 cm³/mol. The van der Waals surface area contributed by atoms with Gasteiger partial charge in [0.05, 0.1) is 10.6 Å². The first-order valence-electron chi connectivity index (χ1n) is 8.59. The predicted octanol–water partition coefficient (Wildman–Crippen LogP) is 3.62. The number of hydrogen-bond acceptors (Lipinski definition) is 5. The van der Waals surface area contributed by atoms with Crippen molar-refractivity contribution in [3.05, 3.63) is 35.6 Å². The fraction of sp³-hybridized carbons (Fsp3) is 0.389. The summed E-state index contributed by atoms with van der Waals surface area (Å²) in [5.74, 6) is 0.484. The number of aryl methyl sites for hydroxylation is 1. The van der Waals surface area contributed by atoms with E-state index in [-0.39, 0.29) is 16.7 Å². The number of carbonyl (C=O) groups excluding carboxylic acids is 2. The molecule has 0 aliphatic carbocycles. The highest BCUT2D eigenvalue weighted by Crippen LogP contribution is 2.47. The Morgan fingerprint density at radius 1 is 1.48 bits per heavy atom. The van der Waals surface area contributed by atoms with Crippen LogP contribution in [0.1, 0.15) is 19.8 Å². The van der Waals surface area contributed by atoms with Gasteiger partial charge < -0.3 is 14.8 Å². The van der Waals surface area contributed by atoms with Crippen LogP contribution in [0.15, 0.2) is 40.6 Å². The Balaban J connectivity index is 1.57. The van der Waals surface area contributed by atoms with Gasteiger partial charge in [-0.1, -0.05) is 11.6 Å². The van der Waals surface area contributed by atoms with Crippen LogP contribution in [0.3, 0.4) is 0 Å². The summed E-state index contributed by atoms with van der Waals surface area (Å²) in [4.78, 5) is 31.9. The first-order valence-corrected chi connectivity index (χ1v) is 10.8. The fourth-order valence-electron chi connectivity index (χ4n) is 3.47. The molecule has 2 amide bonds. The number of amides is 2. The van der Waals surface area contributed by atoms with Gasteiger partial charge in [0, 0.05) is 41.5 Å². The molecule has 9 heteroatoms. The van der Waals surface area contributed by atoms with Crippen molar-refractivity contribution in [2.24, 2.45) is 7.05 Å². The third kappa shape index (κ3) is 3.46. The van der Waals surface area contributed by atoms with E-state index in [0.717, 1.165) is 16.5 Å².